The molecule has 0 atom stereocenters. The molecular weight excluding hydrogens is 193 g/mol. The highest BCUT2D eigenvalue weighted by molar-refractivity contribution is 14.1. The van der Waals surface area contributed by atoms with Crippen molar-refractivity contribution in [2.24, 2.45) is 5.73 Å². The first-order chi connectivity index (χ1) is 2.64. The quantitative estimate of drug-likeness (QED) is 0.453. The van der Waals surface area contributed by atoms with Gasteiger partial charge < -0.3 is 10.8 Å². The average molecular weight is 199 g/mol. The lowest BCUT2D eigenvalue weighted by atomic mass is 10.7. The molecule has 36 valence electrons. The lowest BCUT2D eigenvalue weighted by molar-refractivity contribution is 0.404. The van der Waals surface area contributed by atoms with Gasteiger partial charge >= 0.3 is 0 Å². The van der Waals surface area contributed by atoms with Crippen LogP contribution in [0.1, 0.15) is 6.92 Å². The van der Waals surface area contributed by atoms with Crippen molar-refractivity contribution in [3.8, 4) is 0 Å². The maximum Gasteiger partial charge on any atom is 0.190 e. The molecule has 0 fully saturated rings. The molecule has 0 saturated heterocycles. The molecule has 0 radical (unpaired) electrons. The summed E-state index contributed by atoms with van der Waals surface area (Å²) in [5.74, 6) is -0.0874. The van der Waals surface area contributed by atoms with Gasteiger partial charge in [-0.3, -0.25) is 0 Å². The molecular formula is C3H6INO. The fraction of sp³-hybridized carbons (Fsp3) is 0.333. The summed E-state index contributed by atoms with van der Waals surface area (Å²) in [5.41, 5.74) is 4.86. The van der Waals surface area contributed by atoms with E-state index in [-0.39, 0.29) is 5.88 Å². The summed E-state index contributed by atoms with van der Waals surface area (Å²) in [6.07, 6.45) is 0. The van der Waals surface area contributed by atoms with Gasteiger partial charge in [0.1, 0.15) is 0 Å². The summed E-state index contributed by atoms with van der Waals surface area (Å²) >= 11 is 1.94. The van der Waals surface area contributed by atoms with Crippen molar-refractivity contribution in [3.63, 3.8) is 0 Å². The second-order valence-corrected chi connectivity index (χ2v) is 2.54. The predicted molar refractivity (Wildman–Crippen MR) is 33.5 cm³/mol. The van der Waals surface area contributed by atoms with E-state index in [2.05, 4.69) is 0 Å². The zero-order valence-corrected chi connectivity index (χ0v) is 5.56. The summed E-state index contributed by atoms with van der Waals surface area (Å²) in [7, 11) is 0. The van der Waals surface area contributed by atoms with Crippen molar-refractivity contribution >= 4 is 22.6 Å². The van der Waals surface area contributed by atoms with E-state index < -0.39 is 0 Å². The highest BCUT2D eigenvalue weighted by Gasteiger charge is 1.82. The van der Waals surface area contributed by atoms with E-state index in [1.54, 1.807) is 6.92 Å². The average Bonchev–Trinajstić information content (AvgIpc) is 1.36. The molecule has 3 heteroatoms. The van der Waals surface area contributed by atoms with Crippen LogP contribution in [0.4, 0.5) is 0 Å². The summed E-state index contributed by atoms with van der Waals surface area (Å²) < 4.78 is 0.729. The van der Waals surface area contributed by atoms with Crippen LogP contribution >= 0.6 is 22.6 Å². The number of aliphatic hydroxyl groups excluding tert-OH is 1. The predicted octanol–water partition coefficient (Wildman–Crippen LogP) is 1.13. The first-order valence-corrected chi connectivity index (χ1v) is 2.53. The highest BCUT2D eigenvalue weighted by Crippen LogP contribution is 2.02. The van der Waals surface area contributed by atoms with Crippen molar-refractivity contribution in [1.29, 1.82) is 0 Å². The number of nitrogens with two attached hydrogens (primary N) is 1. The molecule has 0 spiro atoms. The van der Waals surface area contributed by atoms with Crippen LogP contribution in [0.3, 0.4) is 0 Å². The number of hydrogen-bond donors (Lipinski definition) is 2. The minimum Gasteiger partial charge on any atom is -0.494 e. The van der Waals surface area contributed by atoms with Gasteiger partial charge in [0.2, 0.25) is 0 Å². The third kappa shape index (κ3) is 2.32. The van der Waals surface area contributed by atoms with Crippen LogP contribution in [0.25, 0.3) is 0 Å². The molecule has 0 aromatic rings. The number of halogens is 1. The third-order valence-electron chi connectivity index (χ3n) is 0.353. The van der Waals surface area contributed by atoms with Crippen LogP contribution < -0.4 is 5.73 Å². The van der Waals surface area contributed by atoms with Gasteiger partial charge in [0.15, 0.2) is 5.88 Å². The molecule has 0 heterocycles. The minimum atomic E-state index is -0.0874. The summed E-state index contributed by atoms with van der Waals surface area (Å²) in [6, 6.07) is 0. The molecule has 0 aliphatic rings. The van der Waals surface area contributed by atoms with Gasteiger partial charge in [-0.15, -0.1) is 0 Å². The summed E-state index contributed by atoms with van der Waals surface area (Å²) in [5, 5.41) is 8.28. The molecule has 3 N–H and O–H groups in total. The van der Waals surface area contributed by atoms with E-state index in [0.717, 1.165) is 3.58 Å². The van der Waals surface area contributed by atoms with Crippen molar-refractivity contribution in [2.45, 2.75) is 6.92 Å². The van der Waals surface area contributed by atoms with Gasteiger partial charge in [0.05, 0.1) is 0 Å². The fourth-order valence-corrected chi connectivity index (χ4v) is 0. The molecule has 0 aliphatic heterocycles. The van der Waals surface area contributed by atoms with E-state index in [9.17, 15) is 0 Å². The van der Waals surface area contributed by atoms with Gasteiger partial charge in [-0.25, -0.2) is 0 Å². The third-order valence-corrected chi connectivity index (χ3v) is 0.906. The first-order valence-electron chi connectivity index (χ1n) is 1.45. The topological polar surface area (TPSA) is 46.2 Å². The normalized spacial score (nSPS) is 13.7. The molecule has 0 aromatic carbocycles. The monoisotopic (exact) mass is 199 g/mol. The Morgan fingerprint density at radius 3 is 2.00 bits per heavy atom. The smallest absolute Gasteiger partial charge is 0.190 e. The lowest BCUT2D eigenvalue weighted by Crippen LogP contribution is -1.94. The number of rotatable bonds is 0. The molecule has 0 rings (SSSR count). The van der Waals surface area contributed by atoms with Crippen molar-refractivity contribution in [1.82, 2.24) is 0 Å². The maximum absolute atomic E-state index is 8.28. The van der Waals surface area contributed by atoms with Gasteiger partial charge in [-0.05, 0) is 29.5 Å². The summed E-state index contributed by atoms with van der Waals surface area (Å²) in [4.78, 5) is 0. The Hall–Kier alpha value is 0.0700. The highest BCUT2D eigenvalue weighted by atomic mass is 127. The van der Waals surface area contributed by atoms with Crippen LogP contribution in [0.5, 0.6) is 0 Å². The molecule has 0 unspecified atom stereocenters. The van der Waals surface area contributed by atoms with Gasteiger partial charge in [0, 0.05) is 3.58 Å². The number of hydrogen-bond acceptors (Lipinski definition) is 2. The maximum atomic E-state index is 8.28. The Balaban J connectivity index is 3.68. The molecule has 0 bridgehead atoms. The zero-order chi connectivity index (χ0) is 5.15. The number of allylic oxidation sites excluding steroid dienone is 1. The van der Waals surface area contributed by atoms with Crippen LogP contribution in [-0.4, -0.2) is 5.11 Å². The summed E-state index contributed by atoms with van der Waals surface area (Å²) in [6.45, 7) is 1.73. The largest absolute Gasteiger partial charge is 0.494 e. The van der Waals surface area contributed by atoms with Crippen LogP contribution in [0, 0.1) is 0 Å². The van der Waals surface area contributed by atoms with E-state index in [1.807, 2.05) is 22.6 Å². The van der Waals surface area contributed by atoms with Gasteiger partial charge in [-0.1, -0.05) is 0 Å². The molecule has 6 heavy (non-hydrogen) atoms. The van der Waals surface area contributed by atoms with Crippen molar-refractivity contribution < 1.29 is 5.11 Å². The van der Waals surface area contributed by atoms with Crippen LogP contribution in [0.15, 0.2) is 9.46 Å². The standard InChI is InChI=1S/C3H6INO/c1-2(4)3(5)6/h6H,5H2,1H3/b3-2+. The van der Waals surface area contributed by atoms with E-state index in [1.165, 1.54) is 0 Å². The fourth-order valence-electron chi connectivity index (χ4n) is 0. The number of aliphatic hydroxyl groups is 1. The van der Waals surface area contributed by atoms with E-state index in [0.29, 0.717) is 0 Å². The molecule has 0 amide bonds. The SMILES string of the molecule is C/C(I)=C(/N)O. The van der Waals surface area contributed by atoms with Crippen molar-refractivity contribution in [3.05, 3.63) is 9.46 Å². The Labute approximate surface area is 50.2 Å². The zero-order valence-electron chi connectivity index (χ0n) is 3.40. The molecule has 0 aliphatic carbocycles. The van der Waals surface area contributed by atoms with Gasteiger partial charge in [0.25, 0.3) is 0 Å². The second kappa shape index (κ2) is 2.28. The minimum absolute atomic E-state index is 0.0874. The van der Waals surface area contributed by atoms with Crippen LogP contribution in [0.2, 0.25) is 0 Å². The second-order valence-electron chi connectivity index (χ2n) is 0.919. The van der Waals surface area contributed by atoms with Gasteiger partial charge in [-0.2, -0.15) is 0 Å². The van der Waals surface area contributed by atoms with Crippen LogP contribution in [-0.2, 0) is 0 Å². The molecule has 2 nitrogen and oxygen atoms in total. The van der Waals surface area contributed by atoms with E-state index >= 15 is 0 Å². The Morgan fingerprint density at radius 1 is 1.83 bits per heavy atom. The lowest BCUT2D eigenvalue weighted by Gasteiger charge is -1.85. The first kappa shape index (κ1) is 6.07. The van der Waals surface area contributed by atoms with Crippen molar-refractivity contribution in [2.75, 3.05) is 0 Å². The molecule has 0 saturated carbocycles. The van der Waals surface area contributed by atoms with E-state index in [4.69, 9.17) is 10.8 Å². The Kier molecular flexibility index (Phi) is 2.31. The Morgan fingerprint density at radius 2 is 2.00 bits per heavy atom. The Bertz CT molecular complexity index is 60.9. The molecule has 0 aromatic heterocycles.